The minimum absolute atomic E-state index is 0.315. The number of para-hydroxylation sites is 1. The number of benzene rings is 1. The van der Waals surface area contributed by atoms with E-state index >= 15 is 0 Å². The number of anilines is 1. The molecule has 36 heavy (non-hydrogen) atoms. The Bertz CT molecular complexity index is 1400. The van der Waals surface area contributed by atoms with Crippen LogP contribution in [0, 0.1) is 6.92 Å². The number of carbonyl (C=O) groups excluding carboxylic acids is 1. The van der Waals surface area contributed by atoms with Crippen molar-refractivity contribution in [2.45, 2.75) is 52.7 Å². The van der Waals surface area contributed by atoms with Crippen LogP contribution in [0.2, 0.25) is 0 Å². The standard InChI is InChI=1S/C28H32N6O2/c1-18-13-20(15-29-14-18)25-32-24-10-12-34(27(35)36-28(2,3)4)17-22(24)26(33-25)30-11-9-19-16-31-23-8-6-5-7-21(19)23/h5-8,13-16,31H,9-12,17H2,1-4H3,(H,30,32,33). The average molecular weight is 485 g/mol. The molecule has 8 heteroatoms. The van der Waals surface area contributed by atoms with E-state index in [1.54, 1.807) is 11.1 Å². The number of H-pyrrole nitrogens is 1. The zero-order valence-electron chi connectivity index (χ0n) is 21.3. The molecule has 3 aromatic heterocycles. The van der Waals surface area contributed by atoms with Gasteiger partial charge < -0.3 is 19.9 Å². The van der Waals surface area contributed by atoms with Crippen molar-refractivity contribution in [3.63, 3.8) is 0 Å². The number of hydrogen-bond acceptors (Lipinski definition) is 6. The van der Waals surface area contributed by atoms with Gasteiger partial charge in [-0.15, -0.1) is 0 Å². The predicted octanol–water partition coefficient (Wildman–Crippen LogP) is 5.28. The van der Waals surface area contributed by atoms with Gasteiger partial charge in [0.2, 0.25) is 0 Å². The Morgan fingerprint density at radius 1 is 1.19 bits per heavy atom. The molecule has 4 heterocycles. The minimum atomic E-state index is -0.545. The zero-order chi connectivity index (χ0) is 25.3. The summed E-state index contributed by atoms with van der Waals surface area (Å²) in [5, 5.41) is 4.77. The quantitative estimate of drug-likeness (QED) is 0.400. The molecule has 0 fully saturated rings. The Labute approximate surface area is 211 Å². The van der Waals surface area contributed by atoms with Crippen LogP contribution in [0.3, 0.4) is 0 Å². The third-order valence-corrected chi connectivity index (χ3v) is 6.21. The molecule has 1 aliphatic heterocycles. The summed E-state index contributed by atoms with van der Waals surface area (Å²) in [5.41, 5.74) is 5.67. The number of carbonyl (C=O) groups is 1. The first-order valence-corrected chi connectivity index (χ1v) is 12.4. The zero-order valence-corrected chi connectivity index (χ0v) is 21.3. The number of pyridine rings is 1. The van der Waals surface area contributed by atoms with E-state index in [9.17, 15) is 4.79 Å². The summed E-state index contributed by atoms with van der Waals surface area (Å²) in [6, 6.07) is 10.4. The maximum Gasteiger partial charge on any atom is 0.410 e. The van der Waals surface area contributed by atoms with Crippen molar-refractivity contribution in [2.75, 3.05) is 18.4 Å². The molecule has 5 rings (SSSR count). The number of aromatic nitrogens is 4. The molecule has 0 spiro atoms. The van der Waals surface area contributed by atoms with Crippen LogP contribution in [0.25, 0.3) is 22.3 Å². The number of fused-ring (bicyclic) bond motifs is 2. The summed E-state index contributed by atoms with van der Waals surface area (Å²) in [7, 11) is 0. The highest BCUT2D eigenvalue weighted by Gasteiger charge is 2.29. The summed E-state index contributed by atoms with van der Waals surface area (Å²) in [5.74, 6) is 1.40. The molecule has 0 atom stereocenters. The van der Waals surface area contributed by atoms with Crippen molar-refractivity contribution >= 4 is 22.8 Å². The Hall–Kier alpha value is -3.94. The van der Waals surface area contributed by atoms with Crippen molar-refractivity contribution in [2.24, 2.45) is 0 Å². The highest BCUT2D eigenvalue weighted by molar-refractivity contribution is 5.83. The number of nitrogens with zero attached hydrogens (tertiary/aromatic N) is 4. The fraction of sp³-hybridized carbons (Fsp3) is 0.357. The monoisotopic (exact) mass is 484 g/mol. The third-order valence-electron chi connectivity index (χ3n) is 6.21. The third kappa shape index (κ3) is 5.17. The summed E-state index contributed by atoms with van der Waals surface area (Å²) in [4.78, 5) is 32.0. The second-order valence-electron chi connectivity index (χ2n) is 10.3. The molecule has 1 aliphatic rings. The average Bonchev–Trinajstić information content (AvgIpc) is 3.25. The number of amides is 1. The van der Waals surface area contributed by atoms with Crippen molar-refractivity contribution in [1.82, 2.24) is 24.8 Å². The molecular weight excluding hydrogens is 452 g/mol. The predicted molar refractivity (Wildman–Crippen MR) is 141 cm³/mol. The maximum atomic E-state index is 12.8. The second-order valence-corrected chi connectivity index (χ2v) is 10.3. The van der Waals surface area contributed by atoms with E-state index in [1.165, 1.54) is 10.9 Å². The number of aromatic amines is 1. The van der Waals surface area contributed by atoms with Gasteiger partial charge in [0.25, 0.3) is 0 Å². The minimum Gasteiger partial charge on any atom is -0.444 e. The first kappa shape index (κ1) is 23.8. The van der Waals surface area contributed by atoms with Crippen molar-refractivity contribution in [3.8, 4) is 11.4 Å². The number of nitrogens with one attached hydrogen (secondary N) is 2. The SMILES string of the molecule is Cc1cncc(-c2nc3c(c(NCCc4c[nH]c5ccccc45)n2)CN(C(=O)OC(C)(C)C)CC3)c1. The molecule has 0 unspecified atom stereocenters. The number of aryl methyl sites for hydroxylation is 1. The van der Waals surface area contributed by atoms with Crippen LogP contribution in [0.4, 0.5) is 10.6 Å². The van der Waals surface area contributed by atoms with Gasteiger partial charge in [-0.1, -0.05) is 18.2 Å². The smallest absolute Gasteiger partial charge is 0.410 e. The van der Waals surface area contributed by atoms with Crippen LogP contribution in [-0.2, 0) is 24.1 Å². The Morgan fingerprint density at radius 2 is 2.03 bits per heavy atom. The molecular formula is C28H32N6O2. The summed E-state index contributed by atoms with van der Waals surface area (Å²) < 4.78 is 5.62. The molecule has 2 N–H and O–H groups in total. The molecule has 0 bridgehead atoms. The first-order chi connectivity index (χ1) is 17.3. The maximum absolute atomic E-state index is 12.8. The summed E-state index contributed by atoms with van der Waals surface area (Å²) >= 11 is 0. The Balaban J connectivity index is 1.42. The largest absolute Gasteiger partial charge is 0.444 e. The normalized spacial score (nSPS) is 13.5. The topological polar surface area (TPSA) is 96.0 Å². The molecule has 186 valence electrons. The van der Waals surface area contributed by atoms with Crippen LogP contribution in [0.15, 0.2) is 48.9 Å². The van der Waals surface area contributed by atoms with Gasteiger partial charge in [0.15, 0.2) is 5.82 Å². The first-order valence-electron chi connectivity index (χ1n) is 12.4. The van der Waals surface area contributed by atoms with Gasteiger partial charge >= 0.3 is 6.09 Å². The van der Waals surface area contributed by atoms with Gasteiger partial charge in [-0.05, 0) is 57.4 Å². The lowest BCUT2D eigenvalue weighted by Crippen LogP contribution is -2.40. The summed E-state index contributed by atoms with van der Waals surface area (Å²) in [6.45, 7) is 9.31. The van der Waals surface area contributed by atoms with E-state index in [2.05, 4.69) is 39.7 Å². The van der Waals surface area contributed by atoms with Gasteiger partial charge in [0.05, 0.1) is 12.2 Å². The van der Waals surface area contributed by atoms with Crippen LogP contribution in [-0.4, -0.2) is 49.6 Å². The Morgan fingerprint density at radius 3 is 2.83 bits per heavy atom. The molecule has 0 saturated heterocycles. The van der Waals surface area contributed by atoms with Crippen LogP contribution in [0.5, 0.6) is 0 Å². The van der Waals surface area contributed by atoms with Crippen LogP contribution in [0.1, 0.15) is 43.2 Å². The van der Waals surface area contributed by atoms with Gasteiger partial charge in [0.1, 0.15) is 11.4 Å². The summed E-state index contributed by atoms with van der Waals surface area (Å²) in [6.07, 6.45) is 6.84. The molecule has 8 nitrogen and oxygen atoms in total. The van der Waals surface area contributed by atoms with E-state index < -0.39 is 5.60 Å². The lowest BCUT2D eigenvalue weighted by molar-refractivity contribution is 0.0223. The molecule has 4 aromatic rings. The van der Waals surface area contributed by atoms with E-state index in [-0.39, 0.29) is 6.09 Å². The van der Waals surface area contributed by atoms with E-state index in [0.717, 1.165) is 40.1 Å². The molecule has 0 saturated carbocycles. The number of rotatable bonds is 5. The highest BCUT2D eigenvalue weighted by atomic mass is 16.6. The molecule has 1 amide bonds. The van der Waals surface area contributed by atoms with Crippen molar-refractivity contribution in [1.29, 1.82) is 0 Å². The fourth-order valence-electron chi connectivity index (χ4n) is 4.50. The molecule has 1 aromatic carbocycles. The van der Waals surface area contributed by atoms with E-state index in [0.29, 0.717) is 31.9 Å². The number of ether oxygens (including phenoxy) is 1. The lowest BCUT2D eigenvalue weighted by Gasteiger charge is -2.31. The Kier molecular flexibility index (Phi) is 6.35. The molecule has 0 aliphatic carbocycles. The fourth-order valence-corrected chi connectivity index (χ4v) is 4.50. The highest BCUT2D eigenvalue weighted by Crippen LogP contribution is 2.28. The lowest BCUT2D eigenvalue weighted by atomic mass is 10.1. The molecule has 0 radical (unpaired) electrons. The van der Waals surface area contributed by atoms with Crippen molar-refractivity contribution < 1.29 is 9.53 Å². The van der Waals surface area contributed by atoms with Gasteiger partial charge in [-0.2, -0.15) is 0 Å². The van der Waals surface area contributed by atoms with Crippen LogP contribution >= 0.6 is 0 Å². The second kappa shape index (κ2) is 9.60. The van der Waals surface area contributed by atoms with Crippen LogP contribution < -0.4 is 5.32 Å². The van der Waals surface area contributed by atoms with Gasteiger partial charge in [-0.25, -0.2) is 14.8 Å². The van der Waals surface area contributed by atoms with E-state index in [1.807, 2.05) is 46.0 Å². The van der Waals surface area contributed by atoms with E-state index in [4.69, 9.17) is 14.7 Å². The van der Waals surface area contributed by atoms with Gasteiger partial charge in [0, 0.05) is 60.1 Å². The van der Waals surface area contributed by atoms with Crippen molar-refractivity contribution in [3.05, 3.63) is 71.3 Å². The number of hydrogen-bond donors (Lipinski definition) is 2. The van der Waals surface area contributed by atoms with Gasteiger partial charge in [-0.3, -0.25) is 4.98 Å².